The van der Waals surface area contributed by atoms with Crippen LogP contribution in [0.2, 0.25) is 0 Å². The summed E-state index contributed by atoms with van der Waals surface area (Å²) in [7, 11) is 0. The molecular formula is C20H32N4O3. The van der Waals surface area contributed by atoms with Gasteiger partial charge in [-0.1, -0.05) is 0 Å². The highest BCUT2D eigenvalue weighted by molar-refractivity contribution is 5.92. The van der Waals surface area contributed by atoms with Crippen molar-refractivity contribution < 1.29 is 14.3 Å². The number of ether oxygens (including phenoxy) is 2. The van der Waals surface area contributed by atoms with Crippen molar-refractivity contribution in [3.05, 3.63) is 17.5 Å². The van der Waals surface area contributed by atoms with Crippen molar-refractivity contribution in [1.29, 1.82) is 0 Å². The number of aromatic nitrogens is 2. The highest BCUT2D eigenvalue weighted by atomic mass is 16.5. The molecule has 0 saturated carbocycles. The zero-order valence-electron chi connectivity index (χ0n) is 16.7. The fraction of sp³-hybridized carbons (Fsp3) is 0.800. The van der Waals surface area contributed by atoms with E-state index in [1.807, 2.05) is 29.5 Å². The molecule has 1 amide bonds. The molecule has 150 valence electrons. The molecule has 0 N–H and O–H groups in total. The Morgan fingerprint density at radius 3 is 2.93 bits per heavy atom. The van der Waals surface area contributed by atoms with Gasteiger partial charge in [-0.25, -0.2) is 0 Å². The van der Waals surface area contributed by atoms with Gasteiger partial charge >= 0.3 is 0 Å². The molecule has 3 saturated heterocycles. The monoisotopic (exact) mass is 376 g/mol. The number of rotatable bonds is 4. The van der Waals surface area contributed by atoms with Gasteiger partial charge in [0.15, 0.2) is 0 Å². The lowest BCUT2D eigenvalue weighted by Gasteiger charge is -2.40. The standard InChI is InChI=1S/C20H32N4O3/c1-3-24-18(11-16(2)21-24)19(25)23-6-4-5-20(15-23)12-17(14-27-20)13-22-7-9-26-10-8-22/h11,17H,3-10,12-15H2,1-2H3/t17-,20+/m0/s1. The number of morpholine rings is 1. The summed E-state index contributed by atoms with van der Waals surface area (Å²) in [5.74, 6) is 0.651. The molecule has 1 spiro atoms. The van der Waals surface area contributed by atoms with Crippen molar-refractivity contribution >= 4 is 5.91 Å². The topological polar surface area (TPSA) is 59.8 Å². The maximum Gasteiger partial charge on any atom is 0.272 e. The smallest absolute Gasteiger partial charge is 0.272 e. The molecular weight excluding hydrogens is 344 g/mol. The first-order valence-corrected chi connectivity index (χ1v) is 10.4. The Bertz CT molecular complexity index is 670. The zero-order chi connectivity index (χ0) is 18.9. The van der Waals surface area contributed by atoms with Gasteiger partial charge in [-0.15, -0.1) is 0 Å². The quantitative estimate of drug-likeness (QED) is 0.798. The molecule has 0 aromatic carbocycles. The van der Waals surface area contributed by atoms with Crippen LogP contribution in [-0.2, 0) is 16.0 Å². The predicted molar refractivity (Wildman–Crippen MR) is 102 cm³/mol. The van der Waals surface area contributed by atoms with Gasteiger partial charge in [0, 0.05) is 32.7 Å². The van der Waals surface area contributed by atoms with Gasteiger partial charge in [-0.05, 0) is 45.1 Å². The van der Waals surface area contributed by atoms with Crippen molar-refractivity contribution in [2.75, 3.05) is 52.5 Å². The van der Waals surface area contributed by atoms with E-state index in [4.69, 9.17) is 9.47 Å². The van der Waals surface area contributed by atoms with Gasteiger partial charge in [-0.2, -0.15) is 5.10 Å². The van der Waals surface area contributed by atoms with Crippen LogP contribution < -0.4 is 0 Å². The maximum absolute atomic E-state index is 13.1. The summed E-state index contributed by atoms with van der Waals surface area (Å²) in [4.78, 5) is 17.6. The van der Waals surface area contributed by atoms with E-state index < -0.39 is 0 Å². The minimum absolute atomic E-state index is 0.0942. The zero-order valence-corrected chi connectivity index (χ0v) is 16.7. The molecule has 0 unspecified atom stereocenters. The maximum atomic E-state index is 13.1. The van der Waals surface area contributed by atoms with Crippen LogP contribution in [0, 0.1) is 12.8 Å². The summed E-state index contributed by atoms with van der Waals surface area (Å²) in [5, 5.41) is 4.43. The fourth-order valence-electron chi connectivity index (χ4n) is 4.88. The second-order valence-electron chi connectivity index (χ2n) is 8.29. The third kappa shape index (κ3) is 4.05. The Labute approximate surface area is 161 Å². The lowest BCUT2D eigenvalue weighted by Crippen LogP contribution is -2.50. The van der Waals surface area contributed by atoms with Crippen molar-refractivity contribution in [1.82, 2.24) is 19.6 Å². The molecule has 1 aromatic rings. The Hall–Kier alpha value is -1.44. The number of carbonyl (C=O) groups excluding carboxylic acids is 1. The van der Waals surface area contributed by atoms with Crippen LogP contribution >= 0.6 is 0 Å². The normalized spacial score (nSPS) is 29.6. The van der Waals surface area contributed by atoms with E-state index in [0.717, 1.165) is 71.0 Å². The summed E-state index contributed by atoms with van der Waals surface area (Å²) in [6, 6.07) is 1.91. The van der Waals surface area contributed by atoms with E-state index in [0.29, 0.717) is 24.7 Å². The number of piperidine rings is 1. The third-order valence-corrected chi connectivity index (χ3v) is 6.15. The largest absolute Gasteiger partial charge is 0.379 e. The minimum atomic E-state index is -0.156. The van der Waals surface area contributed by atoms with Crippen LogP contribution in [0.3, 0.4) is 0 Å². The molecule has 0 radical (unpaired) electrons. The van der Waals surface area contributed by atoms with Crippen LogP contribution in [0.25, 0.3) is 0 Å². The molecule has 7 nitrogen and oxygen atoms in total. The van der Waals surface area contributed by atoms with E-state index in [1.165, 1.54) is 0 Å². The Kier molecular flexibility index (Phi) is 5.53. The van der Waals surface area contributed by atoms with E-state index in [-0.39, 0.29) is 11.5 Å². The van der Waals surface area contributed by atoms with E-state index >= 15 is 0 Å². The number of amides is 1. The number of nitrogens with zero attached hydrogens (tertiary/aromatic N) is 4. The molecule has 3 aliphatic heterocycles. The third-order valence-electron chi connectivity index (χ3n) is 6.15. The van der Waals surface area contributed by atoms with Crippen LogP contribution in [0.5, 0.6) is 0 Å². The van der Waals surface area contributed by atoms with Gasteiger partial charge < -0.3 is 14.4 Å². The summed E-state index contributed by atoms with van der Waals surface area (Å²) in [5.41, 5.74) is 1.45. The van der Waals surface area contributed by atoms with Crippen LogP contribution in [-0.4, -0.2) is 83.6 Å². The molecule has 3 aliphatic rings. The second kappa shape index (κ2) is 7.89. The van der Waals surface area contributed by atoms with Crippen molar-refractivity contribution in [3.8, 4) is 0 Å². The van der Waals surface area contributed by atoms with Crippen LogP contribution in [0.1, 0.15) is 42.4 Å². The number of likely N-dealkylation sites (tertiary alicyclic amines) is 1. The van der Waals surface area contributed by atoms with Crippen LogP contribution in [0.4, 0.5) is 0 Å². The molecule has 0 aliphatic carbocycles. The van der Waals surface area contributed by atoms with Gasteiger partial charge in [0.25, 0.3) is 5.91 Å². The first kappa shape index (κ1) is 18.9. The first-order chi connectivity index (χ1) is 13.1. The van der Waals surface area contributed by atoms with Gasteiger partial charge in [0.2, 0.25) is 0 Å². The number of carbonyl (C=O) groups is 1. The number of hydrogen-bond acceptors (Lipinski definition) is 5. The molecule has 4 heterocycles. The predicted octanol–water partition coefficient (Wildman–Crippen LogP) is 1.55. The van der Waals surface area contributed by atoms with Gasteiger partial charge in [0.1, 0.15) is 5.69 Å². The first-order valence-electron chi connectivity index (χ1n) is 10.4. The lowest BCUT2D eigenvalue weighted by atomic mass is 9.86. The van der Waals surface area contributed by atoms with Gasteiger partial charge in [-0.3, -0.25) is 14.4 Å². The Balaban J connectivity index is 1.39. The number of aryl methyl sites for hydroxylation is 2. The molecule has 0 bridgehead atoms. The lowest BCUT2D eigenvalue weighted by molar-refractivity contribution is -0.0454. The van der Waals surface area contributed by atoms with Crippen molar-refractivity contribution in [2.45, 2.75) is 45.3 Å². The summed E-state index contributed by atoms with van der Waals surface area (Å²) >= 11 is 0. The molecule has 4 rings (SSSR count). The van der Waals surface area contributed by atoms with Crippen molar-refractivity contribution in [2.24, 2.45) is 5.92 Å². The molecule has 27 heavy (non-hydrogen) atoms. The number of hydrogen-bond donors (Lipinski definition) is 0. The summed E-state index contributed by atoms with van der Waals surface area (Å²) < 4.78 is 13.6. The molecule has 3 fully saturated rings. The molecule has 2 atom stereocenters. The average Bonchev–Trinajstić information content (AvgIpc) is 3.25. The van der Waals surface area contributed by atoms with E-state index in [2.05, 4.69) is 10.00 Å². The summed E-state index contributed by atoms with van der Waals surface area (Å²) in [6.07, 6.45) is 3.12. The molecule has 1 aromatic heterocycles. The van der Waals surface area contributed by atoms with E-state index in [1.54, 1.807) is 0 Å². The fourth-order valence-corrected chi connectivity index (χ4v) is 4.88. The Morgan fingerprint density at radius 2 is 2.15 bits per heavy atom. The van der Waals surface area contributed by atoms with Gasteiger partial charge in [0.05, 0.1) is 37.7 Å². The average molecular weight is 377 g/mol. The Morgan fingerprint density at radius 1 is 1.33 bits per heavy atom. The minimum Gasteiger partial charge on any atom is -0.379 e. The summed E-state index contributed by atoms with van der Waals surface area (Å²) in [6.45, 7) is 11.8. The highest BCUT2D eigenvalue weighted by Crippen LogP contribution is 2.38. The van der Waals surface area contributed by atoms with Crippen molar-refractivity contribution in [3.63, 3.8) is 0 Å². The second-order valence-corrected chi connectivity index (χ2v) is 8.29. The van der Waals surface area contributed by atoms with E-state index in [9.17, 15) is 4.79 Å². The van der Waals surface area contributed by atoms with Crippen LogP contribution in [0.15, 0.2) is 6.07 Å². The SMILES string of the molecule is CCn1nc(C)cc1C(=O)N1CCC[C@@]2(C[C@@H](CN3CCOCC3)CO2)C1. The molecule has 7 heteroatoms. The highest BCUT2D eigenvalue weighted by Gasteiger charge is 2.45.